The molecule has 3 heterocycles. The van der Waals surface area contributed by atoms with E-state index in [0.717, 1.165) is 4.68 Å². The van der Waals surface area contributed by atoms with Crippen molar-refractivity contribution in [1.82, 2.24) is 20.0 Å². The molecule has 2 aromatic heterocycles. The first kappa shape index (κ1) is 21.1. The molecule has 2 unspecified atom stereocenters. The highest BCUT2D eigenvalue weighted by atomic mass is 19.2. The monoisotopic (exact) mass is 415 g/mol. The lowest BCUT2D eigenvalue weighted by molar-refractivity contribution is -0.281. The van der Waals surface area contributed by atoms with Crippen molar-refractivity contribution in [2.45, 2.75) is 42.4 Å². The van der Waals surface area contributed by atoms with E-state index in [1.807, 2.05) is 0 Å². The average Bonchev–Trinajstić information content (AvgIpc) is 3.20. The Morgan fingerprint density at radius 2 is 2.17 bits per heavy atom. The molecule has 11 nitrogen and oxygen atoms in total. The summed E-state index contributed by atoms with van der Waals surface area (Å²) >= 11 is 0. The molecule has 0 saturated carbocycles. The summed E-state index contributed by atoms with van der Waals surface area (Å²) in [7, 11) is 0. The van der Waals surface area contributed by atoms with E-state index >= 15 is 0 Å². The predicted octanol–water partition coefficient (Wildman–Crippen LogP) is -1.59. The number of carboxylic acid groups (broad SMARTS) is 1. The third-order valence-electron chi connectivity index (χ3n) is 4.72. The number of nitrogens with zero attached hydrogens (tertiary/aromatic N) is 4. The number of aromatic nitrogens is 4. The Kier molecular flexibility index (Phi) is 5.86. The van der Waals surface area contributed by atoms with Gasteiger partial charge in [0, 0.05) is 18.0 Å². The maximum absolute atomic E-state index is 15.0. The van der Waals surface area contributed by atoms with E-state index in [1.54, 1.807) is 12.1 Å². The van der Waals surface area contributed by atoms with E-state index < -0.39 is 55.0 Å². The van der Waals surface area contributed by atoms with Crippen molar-refractivity contribution < 1.29 is 38.7 Å². The number of carbonyl (C=O) groups is 1. The van der Waals surface area contributed by atoms with Gasteiger partial charge in [0.1, 0.15) is 30.0 Å². The van der Waals surface area contributed by atoms with Crippen LogP contribution < -0.4 is 5.73 Å². The van der Waals surface area contributed by atoms with Crippen LogP contribution in [0.15, 0.2) is 30.7 Å². The van der Waals surface area contributed by atoms with Gasteiger partial charge in [-0.2, -0.15) is 4.39 Å². The van der Waals surface area contributed by atoms with Crippen LogP contribution in [0, 0.1) is 0 Å². The molecule has 0 spiro atoms. The van der Waals surface area contributed by atoms with Gasteiger partial charge in [0.15, 0.2) is 6.17 Å². The Bertz CT molecular complexity index is 857. The first-order valence-electron chi connectivity index (χ1n) is 8.49. The maximum atomic E-state index is 15.0. The van der Waals surface area contributed by atoms with Crippen molar-refractivity contribution in [2.24, 2.45) is 5.73 Å². The summed E-state index contributed by atoms with van der Waals surface area (Å²) in [6.45, 7) is -0.946. The van der Waals surface area contributed by atoms with Gasteiger partial charge in [-0.3, -0.25) is 4.98 Å². The molecule has 0 radical (unpaired) electrons. The number of ether oxygens (including phenoxy) is 1. The Morgan fingerprint density at radius 3 is 2.76 bits per heavy atom. The van der Waals surface area contributed by atoms with E-state index in [0.29, 0.717) is 5.56 Å². The summed E-state index contributed by atoms with van der Waals surface area (Å²) in [4.78, 5) is 15.3. The molecule has 1 saturated heterocycles. The van der Waals surface area contributed by atoms with Crippen molar-refractivity contribution in [2.75, 3.05) is 6.61 Å². The SMILES string of the molecule is N[C@H]1[C@H]([C@H](O)[C@H](O)CO)OC(F)(C(=O)O)C(F)[C@@H]1n1cc(-c2cccnc2)nn1. The van der Waals surface area contributed by atoms with Gasteiger partial charge >= 0.3 is 11.8 Å². The molecule has 0 aromatic carbocycles. The number of halogens is 2. The number of aliphatic hydroxyl groups excluding tert-OH is 3. The Balaban J connectivity index is 2.01. The summed E-state index contributed by atoms with van der Waals surface area (Å²) < 4.78 is 35.4. The molecule has 0 amide bonds. The predicted molar refractivity (Wildman–Crippen MR) is 90.6 cm³/mol. The third kappa shape index (κ3) is 3.70. The highest BCUT2D eigenvalue weighted by molar-refractivity contribution is 5.76. The van der Waals surface area contributed by atoms with Crippen LogP contribution in [0.25, 0.3) is 11.3 Å². The number of nitrogens with two attached hydrogens (primary N) is 1. The van der Waals surface area contributed by atoms with E-state index in [2.05, 4.69) is 20.0 Å². The smallest absolute Gasteiger partial charge is 0.372 e. The second-order valence-corrected chi connectivity index (χ2v) is 6.57. The van der Waals surface area contributed by atoms with Gasteiger partial charge in [0.2, 0.25) is 0 Å². The zero-order valence-electron chi connectivity index (χ0n) is 14.8. The number of pyridine rings is 1. The van der Waals surface area contributed by atoms with Gasteiger partial charge in [-0.25, -0.2) is 13.9 Å². The van der Waals surface area contributed by atoms with Gasteiger partial charge in [-0.05, 0) is 12.1 Å². The van der Waals surface area contributed by atoms with Gasteiger partial charge in [-0.1, -0.05) is 5.21 Å². The third-order valence-corrected chi connectivity index (χ3v) is 4.72. The Hall–Kier alpha value is -2.58. The van der Waals surface area contributed by atoms with Gasteiger partial charge < -0.3 is 30.9 Å². The van der Waals surface area contributed by atoms with Crippen LogP contribution in [-0.2, 0) is 9.53 Å². The normalized spacial score (nSPS) is 31.9. The van der Waals surface area contributed by atoms with Crippen LogP contribution in [0.3, 0.4) is 0 Å². The van der Waals surface area contributed by atoms with Crippen molar-refractivity contribution in [3.63, 3.8) is 0 Å². The molecule has 3 rings (SSSR count). The summed E-state index contributed by atoms with van der Waals surface area (Å²) in [5.41, 5.74) is 6.67. The first-order valence-corrected chi connectivity index (χ1v) is 8.49. The fraction of sp³-hybridized carbons (Fsp3) is 0.500. The summed E-state index contributed by atoms with van der Waals surface area (Å²) in [6, 6.07) is -0.0493. The lowest BCUT2D eigenvalue weighted by Gasteiger charge is -2.45. The van der Waals surface area contributed by atoms with E-state index in [1.165, 1.54) is 18.6 Å². The number of alkyl halides is 2. The fourth-order valence-corrected chi connectivity index (χ4v) is 3.12. The van der Waals surface area contributed by atoms with Crippen molar-refractivity contribution in [3.8, 4) is 11.3 Å². The number of hydrogen-bond donors (Lipinski definition) is 5. The molecule has 1 aliphatic rings. The number of aliphatic hydroxyl groups is 3. The van der Waals surface area contributed by atoms with Crippen LogP contribution >= 0.6 is 0 Å². The molecule has 1 aliphatic heterocycles. The molecule has 0 bridgehead atoms. The van der Waals surface area contributed by atoms with Crippen LogP contribution in [0.2, 0.25) is 0 Å². The Labute approximate surface area is 162 Å². The topological polar surface area (TPSA) is 177 Å². The highest BCUT2D eigenvalue weighted by Crippen LogP contribution is 2.40. The van der Waals surface area contributed by atoms with Crippen LogP contribution in [0.1, 0.15) is 6.04 Å². The van der Waals surface area contributed by atoms with E-state index in [9.17, 15) is 23.8 Å². The fourth-order valence-electron chi connectivity index (χ4n) is 3.12. The van der Waals surface area contributed by atoms with Gasteiger partial charge in [-0.15, -0.1) is 5.10 Å². The number of aliphatic carboxylic acids is 1. The molecule has 2 aromatic rings. The molecular weight excluding hydrogens is 396 g/mol. The first-order chi connectivity index (χ1) is 13.7. The minimum atomic E-state index is -3.89. The zero-order valence-corrected chi connectivity index (χ0v) is 14.8. The lowest BCUT2D eigenvalue weighted by atomic mass is 9.86. The van der Waals surface area contributed by atoms with Crippen LogP contribution in [-0.4, -0.2) is 89.4 Å². The second kappa shape index (κ2) is 8.04. The van der Waals surface area contributed by atoms with Crippen LogP contribution in [0.5, 0.6) is 0 Å². The lowest BCUT2D eigenvalue weighted by Crippen LogP contribution is -2.67. The number of carboxylic acids is 1. The highest BCUT2D eigenvalue weighted by Gasteiger charge is 2.63. The molecule has 158 valence electrons. The Morgan fingerprint density at radius 1 is 1.45 bits per heavy atom. The summed E-state index contributed by atoms with van der Waals surface area (Å²) in [5.74, 6) is -6.17. The standard InChI is InChI=1S/C16H19F2N5O6/c17-14-11(23-5-8(21-22-23)7-2-1-3-20-4-7)10(19)13(12(26)9(25)6-24)29-16(14,18)15(27)28/h1-5,9-14,24-26H,6,19H2,(H,27,28)/t9-,10-,11-,12-,13-,14?,16?/m1/s1. The molecule has 29 heavy (non-hydrogen) atoms. The average molecular weight is 415 g/mol. The minimum absolute atomic E-state index is 0.233. The maximum Gasteiger partial charge on any atom is 0.372 e. The quantitative estimate of drug-likeness (QED) is 0.369. The minimum Gasteiger partial charge on any atom is -0.477 e. The van der Waals surface area contributed by atoms with Crippen LogP contribution in [0.4, 0.5) is 8.78 Å². The molecule has 6 N–H and O–H groups in total. The van der Waals surface area contributed by atoms with Crippen molar-refractivity contribution >= 4 is 5.97 Å². The summed E-state index contributed by atoms with van der Waals surface area (Å²) in [6.07, 6.45) is -4.35. The van der Waals surface area contributed by atoms with Crippen molar-refractivity contribution in [3.05, 3.63) is 30.7 Å². The molecule has 1 fully saturated rings. The summed E-state index contributed by atoms with van der Waals surface area (Å²) in [5, 5.41) is 45.5. The number of hydrogen-bond acceptors (Lipinski definition) is 9. The second-order valence-electron chi connectivity index (χ2n) is 6.57. The van der Waals surface area contributed by atoms with Gasteiger partial charge in [0.25, 0.3) is 0 Å². The number of rotatable bonds is 6. The van der Waals surface area contributed by atoms with E-state index in [4.69, 9.17) is 15.9 Å². The molecule has 13 heteroatoms. The molecule has 0 aliphatic carbocycles. The van der Waals surface area contributed by atoms with E-state index in [-0.39, 0.29) is 5.69 Å². The molecule has 7 atom stereocenters. The van der Waals surface area contributed by atoms with Crippen molar-refractivity contribution in [1.29, 1.82) is 0 Å². The van der Waals surface area contributed by atoms with Gasteiger partial charge in [0.05, 0.1) is 18.8 Å². The molecular formula is C16H19F2N5O6. The largest absolute Gasteiger partial charge is 0.477 e. The zero-order chi connectivity index (χ0) is 21.3.